The highest BCUT2D eigenvalue weighted by atomic mass is 32.2. The number of aromatic nitrogens is 4. The molecule has 0 radical (unpaired) electrons. The van der Waals surface area contributed by atoms with E-state index in [0.717, 1.165) is 56.8 Å². The van der Waals surface area contributed by atoms with Crippen molar-refractivity contribution in [2.75, 3.05) is 29.9 Å². The normalized spacial score (nSPS) is 20.5. The van der Waals surface area contributed by atoms with Gasteiger partial charge in [-0.05, 0) is 90.6 Å². The number of sulfonamides is 1. The van der Waals surface area contributed by atoms with Crippen molar-refractivity contribution in [2.24, 2.45) is 5.92 Å². The molecule has 10 nitrogen and oxygen atoms in total. The van der Waals surface area contributed by atoms with Crippen molar-refractivity contribution in [3.63, 3.8) is 0 Å². The molecule has 3 aromatic rings. The molecule has 3 heterocycles. The lowest BCUT2D eigenvalue weighted by Gasteiger charge is -2.33. The molecule has 2 aliphatic carbocycles. The van der Waals surface area contributed by atoms with Crippen LogP contribution in [0, 0.1) is 5.92 Å². The van der Waals surface area contributed by atoms with Crippen LogP contribution in [0.1, 0.15) is 77.7 Å². The van der Waals surface area contributed by atoms with Gasteiger partial charge in [-0.25, -0.2) is 18.4 Å². The molecule has 0 aromatic carbocycles. The molecule has 11 heteroatoms. The summed E-state index contributed by atoms with van der Waals surface area (Å²) in [6.07, 6.45) is 13.0. The molecule has 0 spiro atoms. The molecule has 0 bridgehead atoms. The van der Waals surface area contributed by atoms with Gasteiger partial charge in [0.25, 0.3) is 5.56 Å². The van der Waals surface area contributed by atoms with Gasteiger partial charge >= 0.3 is 0 Å². The fourth-order valence-electron chi connectivity index (χ4n) is 6.27. The van der Waals surface area contributed by atoms with Gasteiger partial charge in [-0.2, -0.15) is 4.98 Å². The first-order valence-corrected chi connectivity index (χ1v) is 16.6. The van der Waals surface area contributed by atoms with E-state index in [-0.39, 0.29) is 29.1 Å². The van der Waals surface area contributed by atoms with E-state index in [1.54, 1.807) is 35.2 Å². The van der Waals surface area contributed by atoms with Crippen LogP contribution in [0.3, 0.4) is 0 Å². The Morgan fingerprint density at radius 2 is 1.73 bits per heavy atom. The first-order chi connectivity index (χ1) is 19.6. The van der Waals surface area contributed by atoms with Gasteiger partial charge in [0.15, 0.2) is 0 Å². The lowest BCUT2D eigenvalue weighted by Crippen LogP contribution is -2.36. The van der Waals surface area contributed by atoms with Crippen molar-refractivity contribution in [2.45, 2.75) is 89.8 Å². The van der Waals surface area contributed by atoms with Crippen LogP contribution in [-0.2, 0) is 10.0 Å². The first-order valence-electron chi connectivity index (χ1n) is 14.9. The van der Waals surface area contributed by atoms with Crippen LogP contribution < -0.4 is 15.6 Å². The Kier molecular flexibility index (Phi) is 8.94. The van der Waals surface area contributed by atoms with E-state index < -0.39 is 10.0 Å². The number of rotatable bonds is 9. The summed E-state index contributed by atoms with van der Waals surface area (Å²) in [5, 5.41) is 4.25. The molecule has 0 amide bonds. The highest BCUT2D eigenvalue weighted by Gasteiger charge is 2.24. The minimum Gasteiger partial charge on any atom is -0.351 e. The number of anilines is 2. The van der Waals surface area contributed by atoms with Crippen LogP contribution in [0.15, 0.2) is 35.4 Å². The first kappa shape index (κ1) is 29.4. The molecular weight excluding hydrogens is 538 g/mol. The van der Waals surface area contributed by atoms with E-state index in [9.17, 15) is 13.2 Å². The summed E-state index contributed by atoms with van der Waals surface area (Å²) in [6.45, 7) is 3.93. The van der Waals surface area contributed by atoms with Gasteiger partial charge in [0.1, 0.15) is 11.5 Å². The number of hydrogen-bond acceptors (Lipinski definition) is 8. The van der Waals surface area contributed by atoms with Gasteiger partial charge in [0, 0.05) is 47.0 Å². The zero-order chi connectivity index (χ0) is 29.1. The quantitative estimate of drug-likeness (QED) is 0.360. The van der Waals surface area contributed by atoms with Crippen molar-refractivity contribution >= 4 is 32.8 Å². The third-order valence-electron chi connectivity index (χ3n) is 8.56. The Morgan fingerprint density at radius 3 is 2.37 bits per heavy atom. The maximum absolute atomic E-state index is 13.7. The van der Waals surface area contributed by atoms with Crippen LogP contribution in [0.4, 0.5) is 11.8 Å². The number of nitrogens with one attached hydrogen (secondary N) is 2. The van der Waals surface area contributed by atoms with Gasteiger partial charge in [0.05, 0.1) is 5.75 Å². The third kappa shape index (κ3) is 7.06. The summed E-state index contributed by atoms with van der Waals surface area (Å²) in [5.74, 6) is 1.12. The molecular formula is C30H43N7O3S. The van der Waals surface area contributed by atoms with Gasteiger partial charge in [-0.15, -0.1) is 0 Å². The average molecular weight is 582 g/mol. The van der Waals surface area contributed by atoms with E-state index in [1.807, 2.05) is 13.8 Å². The Bertz CT molecular complexity index is 1510. The monoisotopic (exact) mass is 581 g/mol. The van der Waals surface area contributed by atoms with E-state index in [1.165, 1.54) is 6.42 Å². The summed E-state index contributed by atoms with van der Waals surface area (Å²) in [4.78, 5) is 29.7. The van der Waals surface area contributed by atoms with Crippen LogP contribution in [0.25, 0.3) is 22.2 Å². The smallest absolute Gasteiger partial charge is 0.260 e. The number of nitrogens with zero attached hydrogens (tertiary/aromatic N) is 5. The highest BCUT2D eigenvalue weighted by Crippen LogP contribution is 2.27. The molecule has 41 heavy (non-hydrogen) atoms. The summed E-state index contributed by atoms with van der Waals surface area (Å²) in [6, 6.07) is 5.95. The van der Waals surface area contributed by atoms with Crippen LogP contribution in [0.5, 0.6) is 0 Å². The van der Waals surface area contributed by atoms with E-state index in [0.29, 0.717) is 34.8 Å². The molecule has 222 valence electrons. The molecule has 0 atom stereocenters. The predicted octanol–water partition coefficient (Wildman–Crippen LogP) is 5.04. The molecule has 5 rings (SSSR count). The molecule has 2 saturated carbocycles. The van der Waals surface area contributed by atoms with Gasteiger partial charge in [-0.3, -0.25) is 14.1 Å². The highest BCUT2D eigenvalue weighted by molar-refractivity contribution is 7.92. The van der Waals surface area contributed by atoms with E-state index in [4.69, 9.17) is 4.98 Å². The minimum absolute atomic E-state index is 0.119. The third-order valence-corrected chi connectivity index (χ3v) is 9.99. The van der Waals surface area contributed by atoms with Crippen LogP contribution >= 0.6 is 0 Å². The maximum atomic E-state index is 13.7. The molecule has 2 fully saturated rings. The number of pyridine rings is 2. The van der Waals surface area contributed by atoms with Gasteiger partial charge in [0.2, 0.25) is 16.0 Å². The van der Waals surface area contributed by atoms with Crippen LogP contribution in [-0.4, -0.2) is 64.8 Å². The molecule has 2 N–H and O–H groups in total. The van der Waals surface area contributed by atoms with Crippen molar-refractivity contribution in [1.82, 2.24) is 24.4 Å². The molecule has 0 saturated heterocycles. The Hall–Kier alpha value is -3.05. The fraction of sp³-hybridized carbons (Fsp3) is 0.600. The second-order valence-corrected chi connectivity index (χ2v) is 14.0. The Labute approximate surface area is 243 Å². The topological polar surface area (TPSA) is 122 Å². The number of hydrogen-bond donors (Lipinski definition) is 2. The zero-order valence-corrected chi connectivity index (χ0v) is 25.5. The lowest BCUT2D eigenvalue weighted by atomic mass is 9.91. The van der Waals surface area contributed by atoms with Crippen molar-refractivity contribution in [3.05, 3.63) is 40.9 Å². The molecule has 0 aliphatic heterocycles. The summed E-state index contributed by atoms with van der Waals surface area (Å²) in [7, 11) is 0.776. The minimum atomic E-state index is -3.49. The fourth-order valence-corrected chi connectivity index (χ4v) is 7.75. The van der Waals surface area contributed by atoms with Crippen molar-refractivity contribution < 1.29 is 8.42 Å². The lowest BCUT2D eigenvalue weighted by molar-refractivity contribution is 0.221. The van der Waals surface area contributed by atoms with Crippen molar-refractivity contribution in [3.8, 4) is 11.1 Å². The SMILES string of the molecule is CC(C)n1c(=O)c(-c2ccc(NS(=O)(=O)CC3CCCCC3)nc2)cc2cnc(N[C@H]3CC[C@H](N(C)C)CC3)nc21. The second kappa shape index (κ2) is 12.4. The molecule has 0 unspecified atom stereocenters. The summed E-state index contributed by atoms with van der Waals surface area (Å²) in [5.41, 5.74) is 1.51. The summed E-state index contributed by atoms with van der Waals surface area (Å²) >= 11 is 0. The zero-order valence-electron chi connectivity index (χ0n) is 24.6. The van der Waals surface area contributed by atoms with Crippen molar-refractivity contribution in [1.29, 1.82) is 0 Å². The standard InChI is InChI=1S/C30H43N7O3S/c1-20(2)37-28-23(18-32-30(34-28)33-24-11-13-25(14-12-24)36(3)4)16-26(29(37)38)22-10-15-27(31-17-22)35-41(39,40)19-21-8-6-5-7-9-21/h10,15-18,20-21,24-25H,5-9,11-14,19H2,1-4H3,(H,31,35)(H,32,33,34)/t24-,25-. The second-order valence-electron chi connectivity index (χ2n) is 12.2. The largest absolute Gasteiger partial charge is 0.351 e. The molecule has 3 aromatic heterocycles. The van der Waals surface area contributed by atoms with Gasteiger partial charge < -0.3 is 10.2 Å². The maximum Gasteiger partial charge on any atom is 0.260 e. The molecule has 2 aliphatic rings. The van der Waals surface area contributed by atoms with E-state index in [2.05, 4.69) is 39.0 Å². The van der Waals surface area contributed by atoms with Gasteiger partial charge in [-0.1, -0.05) is 19.3 Å². The van der Waals surface area contributed by atoms with E-state index >= 15 is 0 Å². The Morgan fingerprint density at radius 1 is 1.00 bits per heavy atom. The predicted molar refractivity (Wildman–Crippen MR) is 165 cm³/mol. The Balaban J connectivity index is 1.35. The van der Waals surface area contributed by atoms with Crippen LogP contribution in [0.2, 0.25) is 0 Å². The number of fused-ring (bicyclic) bond motifs is 1. The average Bonchev–Trinajstić information content (AvgIpc) is 2.93. The summed E-state index contributed by atoms with van der Waals surface area (Å²) < 4.78 is 29.7.